The number of benzene rings is 7. The molecular formula is C53H38BN3O3. The summed E-state index contributed by atoms with van der Waals surface area (Å²) in [6.45, 7) is 0. The summed E-state index contributed by atoms with van der Waals surface area (Å²) in [4.78, 5) is 15.2. The molecule has 10 aromatic rings. The van der Waals surface area contributed by atoms with E-state index in [0.717, 1.165) is 83.9 Å². The lowest BCUT2D eigenvalue weighted by Gasteiger charge is -2.14. The normalized spacial score (nSPS) is 10.8. The molecule has 7 heteroatoms. The van der Waals surface area contributed by atoms with Crippen LogP contribution in [0.4, 0.5) is 0 Å². The highest BCUT2D eigenvalue weighted by Crippen LogP contribution is 2.38. The molecule has 0 radical (unpaired) electrons. The summed E-state index contributed by atoms with van der Waals surface area (Å²) in [5, 5.41) is 17.2. The lowest BCUT2D eigenvalue weighted by molar-refractivity contribution is 0.426. The van der Waals surface area contributed by atoms with Crippen LogP contribution in [-0.4, -0.2) is 32.1 Å². The number of para-hydroxylation sites is 2. The highest BCUT2D eigenvalue weighted by atomic mass is 16.4. The van der Waals surface area contributed by atoms with Crippen molar-refractivity contribution in [2.24, 2.45) is 0 Å². The van der Waals surface area contributed by atoms with Gasteiger partial charge in [0.2, 0.25) is 5.89 Å². The summed E-state index contributed by atoms with van der Waals surface area (Å²) in [5.41, 5.74) is 15.0. The van der Waals surface area contributed by atoms with Crippen LogP contribution in [0.2, 0.25) is 0 Å². The van der Waals surface area contributed by atoms with Crippen molar-refractivity contribution in [3.05, 3.63) is 218 Å². The number of hydrogen-bond donors (Lipinski definition) is 2. The molecule has 10 rings (SSSR count). The van der Waals surface area contributed by atoms with Crippen molar-refractivity contribution in [1.82, 2.24) is 15.0 Å². The summed E-state index contributed by atoms with van der Waals surface area (Å²) >= 11 is 0. The molecule has 0 aliphatic rings. The van der Waals surface area contributed by atoms with Crippen LogP contribution in [0, 0.1) is 0 Å². The Hall–Kier alpha value is -7.71. The molecular weight excluding hydrogens is 737 g/mol. The maximum Gasteiger partial charge on any atom is 0.488 e. The second-order valence-corrected chi connectivity index (χ2v) is 14.3. The van der Waals surface area contributed by atoms with Crippen molar-refractivity contribution in [3.63, 3.8) is 0 Å². The third kappa shape index (κ3) is 8.59. The Bertz CT molecular complexity index is 2700. The lowest BCUT2D eigenvalue weighted by Crippen LogP contribution is -2.29. The van der Waals surface area contributed by atoms with Crippen molar-refractivity contribution in [3.8, 4) is 78.7 Å². The van der Waals surface area contributed by atoms with Gasteiger partial charge in [0.25, 0.3) is 0 Å². The summed E-state index contributed by atoms with van der Waals surface area (Å²) in [7, 11) is -1.34. The van der Waals surface area contributed by atoms with Crippen molar-refractivity contribution in [1.29, 1.82) is 0 Å². The summed E-state index contributed by atoms with van der Waals surface area (Å²) in [6.07, 6.45) is 0. The largest absolute Gasteiger partial charge is 0.488 e. The van der Waals surface area contributed by atoms with Gasteiger partial charge < -0.3 is 14.5 Å². The number of hydrogen-bond acceptors (Lipinski definition) is 6. The molecule has 6 nitrogen and oxygen atoms in total. The van der Waals surface area contributed by atoms with Crippen molar-refractivity contribution < 1.29 is 14.5 Å². The number of pyridine rings is 2. The van der Waals surface area contributed by atoms with Gasteiger partial charge in [-0.15, -0.1) is 0 Å². The SMILES string of the molecule is OB(O)c1ccccc1.c1ccc(-c2cc(-c3cc(-c4cc(-c5ccccc5)nc(-c5ccccc5)c4)cc(-c4nc5ccccc5o4)c3)cc(-c3ccccc3)n2)cc1. The highest BCUT2D eigenvalue weighted by Gasteiger charge is 2.17. The molecule has 0 bridgehead atoms. The molecule has 0 amide bonds. The molecule has 0 fully saturated rings. The Morgan fingerprint density at radius 1 is 0.317 bits per heavy atom. The third-order valence-corrected chi connectivity index (χ3v) is 10.2. The number of aromatic nitrogens is 3. The van der Waals surface area contributed by atoms with E-state index < -0.39 is 7.12 Å². The molecule has 3 heterocycles. The molecule has 2 N–H and O–H groups in total. The van der Waals surface area contributed by atoms with Gasteiger partial charge in [-0.25, -0.2) is 15.0 Å². The van der Waals surface area contributed by atoms with E-state index in [9.17, 15) is 0 Å². The van der Waals surface area contributed by atoms with E-state index in [0.29, 0.717) is 11.4 Å². The van der Waals surface area contributed by atoms with Crippen molar-refractivity contribution in [2.45, 2.75) is 0 Å². The third-order valence-electron chi connectivity index (χ3n) is 10.2. The van der Waals surface area contributed by atoms with E-state index >= 15 is 0 Å². The lowest BCUT2D eigenvalue weighted by atomic mass is 9.81. The summed E-state index contributed by atoms with van der Waals surface area (Å²) < 4.78 is 6.37. The monoisotopic (exact) mass is 775 g/mol. The standard InChI is InChI=1S/C47H31N3O.C6H7BO2/c1-5-15-32(16-6-1)42-28-38(29-43(48-42)33-17-7-2-8-18-33)36-25-37(27-40(26-36)47-50-41-23-13-14-24-46(41)51-47)39-30-44(34-19-9-3-10-20-34)49-45(31-39)35-21-11-4-12-22-35;8-7(9)6-4-2-1-3-5-6/h1-31H;1-5,8-9H. The van der Waals surface area contributed by atoms with Crippen LogP contribution in [-0.2, 0) is 0 Å². The zero-order valence-electron chi connectivity index (χ0n) is 32.5. The minimum atomic E-state index is -1.34. The van der Waals surface area contributed by atoms with E-state index in [1.807, 2.05) is 54.6 Å². The number of fused-ring (bicyclic) bond motifs is 1. The highest BCUT2D eigenvalue weighted by molar-refractivity contribution is 6.58. The van der Waals surface area contributed by atoms with E-state index in [-0.39, 0.29) is 0 Å². The van der Waals surface area contributed by atoms with E-state index in [2.05, 4.69) is 140 Å². The van der Waals surface area contributed by atoms with Crippen LogP contribution in [0.5, 0.6) is 0 Å². The van der Waals surface area contributed by atoms with Gasteiger partial charge in [-0.05, 0) is 82.3 Å². The Kier molecular flexibility index (Phi) is 11.0. The predicted octanol–water partition coefficient (Wildman–Crippen LogP) is 11.7. The van der Waals surface area contributed by atoms with Crippen molar-refractivity contribution in [2.75, 3.05) is 0 Å². The van der Waals surface area contributed by atoms with Crippen molar-refractivity contribution >= 4 is 23.7 Å². The topological polar surface area (TPSA) is 92.3 Å². The second kappa shape index (κ2) is 17.4. The molecule has 0 aliphatic carbocycles. The summed E-state index contributed by atoms with van der Waals surface area (Å²) in [6, 6.07) is 73.2. The van der Waals surface area contributed by atoms with E-state index in [1.54, 1.807) is 24.3 Å². The van der Waals surface area contributed by atoms with Gasteiger partial charge in [-0.2, -0.15) is 0 Å². The van der Waals surface area contributed by atoms with Crippen LogP contribution in [0.1, 0.15) is 0 Å². The molecule has 0 aliphatic heterocycles. The van der Waals surface area contributed by atoms with E-state index in [1.165, 1.54) is 0 Å². The molecule has 0 atom stereocenters. The van der Waals surface area contributed by atoms with Gasteiger partial charge in [0.1, 0.15) is 5.52 Å². The fraction of sp³-hybridized carbons (Fsp3) is 0. The van der Waals surface area contributed by atoms with Gasteiger partial charge in [0, 0.05) is 27.8 Å². The molecule has 286 valence electrons. The average Bonchev–Trinajstić information content (AvgIpc) is 3.78. The molecule has 0 unspecified atom stereocenters. The molecule has 60 heavy (non-hydrogen) atoms. The van der Waals surface area contributed by atoms with Crippen LogP contribution in [0.3, 0.4) is 0 Å². The maximum atomic E-state index is 8.58. The van der Waals surface area contributed by atoms with Gasteiger partial charge >= 0.3 is 7.12 Å². The smallest absolute Gasteiger partial charge is 0.436 e. The van der Waals surface area contributed by atoms with Gasteiger partial charge in [0.05, 0.1) is 22.8 Å². The second-order valence-electron chi connectivity index (χ2n) is 14.3. The maximum absolute atomic E-state index is 8.58. The minimum Gasteiger partial charge on any atom is -0.436 e. The predicted molar refractivity (Wildman–Crippen MR) is 244 cm³/mol. The number of oxazole rings is 1. The molecule has 0 spiro atoms. The first-order chi connectivity index (χ1) is 29.5. The quantitative estimate of drug-likeness (QED) is 0.149. The molecule has 7 aromatic carbocycles. The molecule has 3 aromatic heterocycles. The molecule has 0 saturated heterocycles. The van der Waals surface area contributed by atoms with Crippen LogP contribution in [0.25, 0.3) is 89.8 Å². The first kappa shape index (κ1) is 37.8. The number of rotatable bonds is 8. The van der Waals surface area contributed by atoms with E-state index in [4.69, 9.17) is 29.4 Å². The summed E-state index contributed by atoms with van der Waals surface area (Å²) in [5.74, 6) is 0.570. The minimum absolute atomic E-state index is 0.525. The Labute approximate surface area is 349 Å². The average molecular weight is 776 g/mol. The van der Waals surface area contributed by atoms with Crippen LogP contribution >= 0.6 is 0 Å². The Morgan fingerprint density at radius 3 is 1.02 bits per heavy atom. The Morgan fingerprint density at radius 2 is 0.650 bits per heavy atom. The number of nitrogens with zero attached hydrogens (tertiary/aromatic N) is 3. The fourth-order valence-corrected chi connectivity index (χ4v) is 7.13. The zero-order valence-corrected chi connectivity index (χ0v) is 32.5. The van der Waals surface area contributed by atoms with Gasteiger partial charge in [-0.1, -0.05) is 164 Å². The van der Waals surface area contributed by atoms with Gasteiger partial charge in [0.15, 0.2) is 5.58 Å². The first-order valence-electron chi connectivity index (χ1n) is 19.7. The van der Waals surface area contributed by atoms with Crippen LogP contribution < -0.4 is 5.46 Å². The molecule has 0 saturated carbocycles. The Balaban J connectivity index is 0.000000458. The van der Waals surface area contributed by atoms with Crippen LogP contribution in [0.15, 0.2) is 223 Å². The van der Waals surface area contributed by atoms with Gasteiger partial charge in [-0.3, -0.25) is 0 Å². The zero-order chi connectivity index (χ0) is 40.7. The first-order valence-corrected chi connectivity index (χ1v) is 19.7. The fourth-order valence-electron chi connectivity index (χ4n) is 7.13.